The van der Waals surface area contributed by atoms with Gasteiger partial charge < -0.3 is 19.3 Å². The Morgan fingerprint density at radius 2 is 1.78 bits per heavy atom. The van der Waals surface area contributed by atoms with Gasteiger partial charge in [0.15, 0.2) is 5.78 Å². The lowest BCUT2D eigenvalue weighted by atomic mass is 9.86. The molecule has 1 aromatic carbocycles. The van der Waals surface area contributed by atoms with Crippen molar-refractivity contribution in [3.8, 4) is 5.75 Å². The molecule has 1 atom stereocenters. The highest BCUT2D eigenvalue weighted by Crippen LogP contribution is 2.34. The van der Waals surface area contributed by atoms with Crippen LogP contribution in [0.5, 0.6) is 5.75 Å². The predicted molar refractivity (Wildman–Crippen MR) is 113 cm³/mol. The number of benzene rings is 1. The van der Waals surface area contributed by atoms with Crippen LogP contribution >= 0.6 is 0 Å². The summed E-state index contributed by atoms with van der Waals surface area (Å²) in [6, 6.07) is 4.07. The topological polar surface area (TPSA) is 84.9 Å². The van der Waals surface area contributed by atoms with Gasteiger partial charge >= 0.3 is 0 Å². The highest BCUT2D eigenvalue weighted by atomic mass is 19.1. The summed E-state index contributed by atoms with van der Waals surface area (Å²) in [6.45, 7) is 3.95. The first-order valence-corrected chi connectivity index (χ1v) is 11.0. The molecule has 5 rings (SSSR count). The van der Waals surface area contributed by atoms with E-state index in [2.05, 4.69) is 9.97 Å². The van der Waals surface area contributed by atoms with E-state index in [1.807, 2.05) is 4.90 Å². The van der Waals surface area contributed by atoms with Gasteiger partial charge in [-0.2, -0.15) is 0 Å². The Balaban J connectivity index is 1.18. The lowest BCUT2D eigenvalue weighted by Crippen LogP contribution is -2.44. The van der Waals surface area contributed by atoms with Gasteiger partial charge in [0.25, 0.3) is 5.91 Å². The number of hydrogen-bond acceptors (Lipinski definition) is 7. The number of halogens is 1. The monoisotopic (exact) mass is 440 g/mol. The maximum absolute atomic E-state index is 13.4. The molecule has 2 saturated heterocycles. The molecule has 8 nitrogen and oxygen atoms in total. The molecule has 1 aromatic heterocycles. The first-order valence-electron chi connectivity index (χ1n) is 11.0. The maximum atomic E-state index is 13.4. The molecule has 1 unspecified atom stereocenters. The second-order valence-corrected chi connectivity index (χ2v) is 8.42. The summed E-state index contributed by atoms with van der Waals surface area (Å²) in [5.74, 6) is 0.616. The Labute approximate surface area is 185 Å². The Morgan fingerprint density at radius 3 is 2.50 bits per heavy atom. The summed E-state index contributed by atoms with van der Waals surface area (Å²) >= 11 is 0. The molecule has 1 amide bonds. The van der Waals surface area contributed by atoms with Gasteiger partial charge in [0.2, 0.25) is 5.95 Å². The number of likely N-dealkylation sites (tertiary alicyclic amines) is 1. The molecule has 2 fully saturated rings. The van der Waals surface area contributed by atoms with Crippen LogP contribution in [-0.2, 0) is 4.74 Å². The Kier molecular flexibility index (Phi) is 5.73. The molecular formula is C23H25FN4O4. The molecule has 0 spiro atoms. The van der Waals surface area contributed by atoms with Gasteiger partial charge in [-0.15, -0.1) is 0 Å². The molecule has 9 heteroatoms. The van der Waals surface area contributed by atoms with Crippen molar-refractivity contribution in [3.05, 3.63) is 47.5 Å². The molecule has 168 valence electrons. The van der Waals surface area contributed by atoms with Crippen molar-refractivity contribution in [2.75, 3.05) is 44.3 Å². The quantitative estimate of drug-likeness (QED) is 0.724. The van der Waals surface area contributed by atoms with Gasteiger partial charge in [0.1, 0.15) is 17.7 Å². The Hall–Kier alpha value is -3.07. The largest absolute Gasteiger partial charge is 0.489 e. The van der Waals surface area contributed by atoms with Crippen molar-refractivity contribution in [2.24, 2.45) is 5.92 Å². The number of piperidine rings is 1. The Bertz CT molecular complexity index is 1000. The van der Waals surface area contributed by atoms with Gasteiger partial charge in [-0.05, 0) is 37.0 Å². The minimum Gasteiger partial charge on any atom is -0.489 e. The summed E-state index contributed by atoms with van der Waals surface area (Å²) in [6.07, 6.45) is 4.66. The number of nitrogens with zero attached hydrogens (tertiary/aromatic N) is 4. The molecule has 2 aromatic rings. The lowest BCUT2D eigenvalue weighted by Gasteiger charge is -2.37. The van der Waals surface area contributed by atoms with E-state index in [0.717, 1.165) is 25.9 Å². The van der Waals surface area contributed by atoms with E-state index in [0.29, 0.717) is 49.1 Å². The minimum absolute atomic E-state index is 0.0848. The van der Waals surface area contributed by atoms with Crippen LogP contribution in [0.25, 0.3) is 0 Å². The van der Waals surface area contributed by atoms with Crippen molar-refractivity contribution < 1.29 is 23.5 Å². The first-order chi connectivity index (χ1) is 15.6. The number of rotatable bonds is 3. The first kappa shape index (κ1) is 20.8. The van der Waals surface area contributed by atoms with Gasteiger partial charge in [-0.1, -0.05) is 0 Å². The van der Waals surface area contributed by atoms with Crippen LogP contribution in [0.4, 0.5) is 10.3 Å². The summed E-state index contributed by atoms with van der Waals surface area (Å²) in [5.41, 5.74) is 0.787. The summed E-state index contributed by atoms with van der Waals surface area (Å²) in [4.78, 5) is 38.0. The highest BCUT2D eigenvalue weighted by Gasteiger charge is 2.35. The zero-order valence-electron chi connectivity index (χ0n) is 17.7. The van der Waals surface area contributed by atoms with E-state index in [4.69, 9.17) is 9.47 Å². The van der Waals surface area contributed by atoms with Crippen molar-refractivity contribution in [1.29, 1.82) is 0 Å². The lowest BCUT2D eigenvalue weighted by molar-refractivity contribution is 0.0451. The van der Waals surface area contributed by atoms with Crippen LogP contribution in [0.3, 0.4) is 0 Å². The molecular weight excluding hydrogens is 415 g/mol. The van der Waals surface area contributed by atoms with Crippen molar-refractivity contribution >= 4 is 17.6 Å². The van der Waals surface area contributed by atoms with Gasteiger partial charge in [-0.3, -0.25) is 9.59 Å². The van der Waals surface area contributed by atoms with Gasteiger partial charge in [0.05, 0.1) is 24.3 Å². The fourth-order valence-electron chi connectivity index (χ4n) is 4.60. The number of amides is 1. The molecule has 32 heavy (non-hydrogen) atoms. The number of ketones is 1. The number of Topliss-reactive ketones (excluding diaryl/α,β-unsaturated/α-hetero) is 1. The van der Waals surface area contributed by atoms with Crippen molar-refractivity contribution in [1.82, 2.24) is 14.9 Å². The third kappa shape index (κ3) is 4.17. The van der Waals surface area contributed by atoms with E-state index in [9.17, 15) is 14.0 Å². The van der Waals surface area contributed by atoms with Crippen LogP contribution in [0.2, 0.25) is 0 Å². The molecule has 3 aliphatic rings. The third-order valence-corrected chi connectivity index (χ3v) is 6.44. The van der Waals surface area contributed by atoms with Crippen LogP contribution in [0.1, 0.15) is 40.0 Å². The number of aromatic nitrogens is 2. The second kappa shape index (κ2) is 8.82. The minimum atomic E-state index is -0.437. The smallest absolute Gasteiger partial charge is 0.256 e. The number of ether oxygens (including phenoxy) is 2. The third-order valence-electron chi connectivity index (χ3n) is 6.44. The van der Waals surface area contributed by atoms with E-state index in [1.165, 1.54) is 18.2 Å². The SMILES string of the molecule is O=C1CC(C2CCN(C(=O)c3cnc(N4CCOCC4)nc3)CC2)Oc2ccc(F)cc21. The molecule has 0 radical (unpaired) electrons. The molecule has 4 heterocycles. The number of fused-ring (bicyclic) bond motifs is 1. The molecule has 0 N–H and O–H groups in total. The van der Waals surface area contributed by atoms with Gasteiger partial charge in [0, 0.05) is 45.0 Å². The average molecular weight is 440 g/mol. The van der Waals surface area contributed by atoms with Crippen LogP contribution < -0.4 is 9.64 Å². The predicted octanol–water partition coefficient (Wildman–Crippen LogP) is 2.34. The fourth-order valence-corrected chi connectivity index (χ4v) is 4.60. The van der Waals surface area contributed by atoms with Gasteiger partial charge in [-0.25, -0.2) is 14.4 Å². The second-order valence-electron chi connectivity index (χ2n) is 8.42. The Morgan fingerprint density at radius 1 is 1.06 bits per heavy atom. The number of morpholine rings is 1. The standard InChI is InChI=1S/C23H25FN4O4/c24-17-1-2-20-18(11-17)19(29)12-21(32-20)15-3-5-27(6-4-15)22(30)16-13-25-23(26-14-16)28-7-9-31-10-8-28/h1-2,11,13-15,21H,3-10,12H2. The number of hydrogen-bond donors (Lipinski definition) is 0. The normalized spacial score (nSPS) is 21.8. The molecule has 0 saturated carbocycles. The van der Waals surface area contributed by atoms with E-state index >= 15 is 0 Å². The van der Waals surface area contributed by atoms with Crippen molar-refractivity contribution in [3.63, 3.8) is 0 Å². The number of carbonyl (C=O) groups excluding carboxylic acids is 2. The zero-order valence-corrected chi connectivity index (χ0v) is 17.7. The number of anilines is 1. The molecule has 3 aliphatic heterocycles. The summed E-state index contributed by atoms with van der Waals surface area (Å²) in [5, 5.41) is 0. The fraction of sp³-hybridized carbons (Fsp3) is 0.478. The number of carbonyl (C=O) groups is 2. The maximum Gasteiger partial charge on any atom is 0.256 e. The van der Waals surface area contributed by atoms with Crippen LogP contribution in [-0.4, -0.2) is 72.1 Å². The summed E-state index contributed by atoms with van der Waals surface area (Å²) < 4.78 is 24.8. The van der Waals surface area contributed by atoms with E-state index in [1.54, 1.807) is 17.3 Å². The van der Waals surface area contributed by atoms with Crippen LogP contribution in [0, 0.1) is 11.7 Å². The summed E-state index contributed by atoms with van der Waals surface area (Å²) in [7, 11) is 0. The van der Waals surface area contributed by atoms with E-state index in [-0.39, 0.29) is 30.1 Å². The molecule has 0 aliphatic carbocycles. The van der Waals surface area contributed by atoms with Crippen molar-refractivity contribution in [2.45, 2.75) is 25.4 Å². The van der Waals surface area contributed by atoms with Crippen LogP contribution in [0.15, 0.2) is 30.6 Å². The zero-order chi connectivity index (χ0) is 22.1. The highest BCUT2D eigenvalue weighted by molar-refractivity contribution is 6.00. The van der Waals surface area contributed by atoms with E-state index < -0.39 is 5.82 Å². The average Bonchev–Trinajstić information content (AvgIpc) is 2.85. The molecule has 0 bridgehead atoms.